The van der Waals surface area contributed by atoms with Crippen molar-refractivity contribution in [3.8, 4) is 0 Å². The van der Waals surface area contributed by atoms with Gasteiger partial charge in [0.2, 0.25) is 5.91 Å². The van der Waals surface area contributed by atoms with E-state index in [0.717, 1.165) is 22.4 Å². The molecule has 0 atom stereocenters. The van der Waals surface area contributed by atoms with Crippen LogP contribution in [0.5, 0.6) is 0 Å². The fourth-order valence-electron chi connectivity index (χ4n) is 3.46. The molecule has 3 aromatic rings. The lowest BCUT2D eigenvalue weighted by molar-refractivity contribution is -0.128. The molecule has 1 aliphatic rings. The summed E-state index contributed by atoms with van der Waals surface area (Å²) in [5.74, 6) is -0.137. The number of rotatable bonds is 5. The summed E-state index contributed by atoms with van der Waals surface area (Å²) in [6, 6.07) is 22.8. The Balaban J connectivity index is 1.73. The second kappa shape index (κ2) is 8.66. The van der Waals surface area contributed by atoms with Crippen molar-refractivity contribution < 1.29 is 9.59 Å². The van der Waals surface area contributed by atoms with E-state index in [9.17, 15) is 9.59 Å². The molecule has 1 aliphatic heterocycles. The number of halogens is 1. The molecule has 2 amide bonds. The maximum atomic E-state index is 12.9. The highest BCUT2D eigenvalue weighted by Crippen LogP contribution is 2.38. The molecule has 3 aromatic carbocycles. The molecule has 0 aromatic heterocycles. The van der Waals surface area contributed by atoms with Gasteiger partial charge < -0.3 is 15.5 Å². The van der Waals surface area contributed by atoms with Crippen LogP contribution in [-0.2, 0) is 16.0 Å². The van der Waals surface area contributed by atoms with Gasteiger partial charge in [-0.25, -0.2) is 0 Å². The number of carbonyl (C=O) groups excluding carboxylic acids is 2. The van der Waals surface area contributed by atoms with Gasteiger partial charge in [0, 0.05) is 30.4 Å². The van der Waals surface area contributed by atoms with Crippen LogP contribution in [0.1, 0.15) is 16.7 Å². The molecule has 4 rings (SSSR count). The van der Waals surface area contributed by atoms with Crippen molar-refractivity contribution in [1.29, 1.82) is 0 Å². The van der Waals surface area contributed by atoms with Crippen LogP contribution in [0.4, 0.5) is 11.4 Å². The van der Waals surface area contributed by atoms with Crippen molar-refractivity contribution in [2.24, 2.45) is 0 Å². The Morgan fingerprint density at radius 1 is 1.00 bits per heavy atom. The summed E-state index contributed by atoms with van der Waals surface area (Å²) in [5.41, 5.74) is 5.40. The SMILES string of the molecule is CN(C)C(=O)Cc1ccc(NC(=C2C(=O)Nc3cc(Cl)ccc32)c2ccccc2)cc1. The van der Waals surface area contributed by atoms with Crippen molar-refractivity contribution in [3.63, 3.8) is 0 Å². The highest BCUT2D eigenvalue weighted by atomic mass is 35.5. The molecule has 0 fully saturated rings. The van der Waals surface area contributed by atoms with Crippen molar-refractivity contribution >= 4 is 46.1 Å². The normalized spacial score (nSPS) is 14.0. The Bertz CT molecular complexity index is 1170. The summed E-state index contributed by atoms with van der Waals surface area (Å²) in [6.45, 7) is 0. The summed E-state index contributed by atoms with van der Waals surface area (Å²) >= 11 is 6.11. The number of fused-ring (bicyclic) bond motifs is 1. The first-order chi connectivity index (χ1) is 14.9. The highest BCUT2D eigenvalue weighted by molar-refractivity contribution is 6.38. The summed E-state index contributed by atoms with van der Waals surface area (Å²) in [4.78, 5) is 26.4. The number of nitrogens with one attached hydrogen (secondary N) is 2. The van der Waals surface area contributed by atoms with E-state index in [1.54, 1.807) is 31.1 Å². The van der Waals surface area contributed by atoms with Crippen molar-refractivity contribution in [2.75, 3.05) is 24.7 Å². The minimum atomic E-state index is -0.184. The minimum absolute atomic E-state index is 0.0469. The molecule has 2 N–H and O–H groups in total. The zero-order chi connectivity index (χ0) is 22.0. The van der Waals surface area contributed by atoms with Gasteiger partial charge in [-0.1, -0.05) is 60.1 Å². The molecule has 0 radical (unpaired) electrons. The van der Waals surface area contributed by atoms with Gasteiger partial charge in [-0.2, -0.15) is 0 Å². The summed E-state index contributed by atoms with van der Waals surface area (Å²) in [5, 5.41) is 6.89. The van der Waals surface area contributed by atoms with E-state index in [0.29, 0.717) is 28.4 Å². The number of hydrogen-bond donors (Lipinski definition) is 2. The molecule has 0 saturated carbocycles. The van der Waals surface area contributed by atoms with Crippen LogP contribution < -0.4 is 10.6 Å². The van der Waals surface area contributed by atoms with Crippen LogP contribution in [0.25, 0.3) is 11.3 Å². The van der Waals surface area contributed by atoms with Gasteiger partial charge in [0.1, 0.15) is 0 Å². The van der Waals surface area contributed by atoms with E-state index < -0.39 is 0 Å². The maximum Gasteiger partial charge on any atom is 0.258 e. The number of nitrogens with zero attached hydrogens (tertiary/aromatic N) is 1. The monoisotopic (exact) mass is 431 g/mol. The largest absolute Gasteiger partial charge is 0.354 e. The summed E-state index contributed by atoms with van der Waals surface area (Å²) in [7, 11) is 3.49. The summed E-state index contributed by atoms with van der Waals surface area (Å²) in [6.07, 6.45) is 0.344. The molecule has 31 heavy (non-hydrogen) atoms. The minimum Gasteiger partial charge on any atom is -0.354 e. The lowest BCUT2D eigenvalue weighted by Gasteiger charge is -2.15. The van der Waals surface area contributed by atoms with Crippen LogP contribution in [-0.4, -0.2) is 30.8 Å². The third-order valence-electron chi connectivity index (χ3n) is 5.12. The number of hydrogen-bond acceptors (Lipinski definition) is 3. The Kier molecular flexibility index (Phi) is 5.78. The molecule has 0 bridgehead atoms. The molecule has 0 aliphatic carbocycles. The van der Waals surface area contributed by atoms with Gasteiger partial charge in [0.25, 0.3) is 5.91 Å². The van der Waals surface area contributed by atoms with Gasteiger partial charge in [-0.05, 0) is 35.4 Å². The molecule has 5 nitrogen and oxygen atoms in total. The van der Waals surface area contributed by atoms with E-state index in [2.05, 4.69) is 10.6 Å². The third-order valence-corrected chi connectivity index (χ3v) is 5.35. The van der Waals surface area contributed by atoms with Gasteiger partial charge in [-0.15, -0.1) is 0 Å². The van der Waals surface area contributed by atoms with Crippen LogP contribution in [0, 0.1) is 0 Å². The Morgan fingerprint density at radius 3 is 2.39 bits per heavy atom. The summed E-state index contributed by atoms with van der Waals surface area (Å²) < 4.78 is 0. The van der Waals surface area contributed by atoms with Crippen LogP contribution in [0.15, 0.2) is 72.8 Å². The zero-order valence-corrected chi connectivity index (χ0v) is 18.0. The van der Waals surface area contributed by atoms with Gasteiger partial charge in [0.05, 0.1) is 23.4 Å². The van der Waals surface area contributed by atoms with Crippen LogP contribution >= 0.6 is 11.6 Å². The van der Waals surface area contributed by atoms with Crippen LogP contribution in [0.2, 0.25) is 5.02 Å². The number of amides is 2. The fourth-order valence-corrected chi connectivity index (χ4v) is 3.63. The average Bonchev–Trinajstić information content (AvgIpc) is 3.08. The third kappa shape index (κ3) is 4.47. The second-order valence-electron chi connectivity index (χ2n) is 7.55. The van der Waals surface area contributed by atoms with Crippen molar-refractivity contribution in [2.45, 2.75) is 6.42 Å². The molecular formula is C25H22ClN3O2. The fraction of sp³-hybridized carbons (Fsp3) is 0.120. The number of carbonyl (C=O) groups is 2. The van der Waals surface area contributed by atoms with E-state index in [1.165, 1.54) is 0 Å². The molecule has 0 saturated heterocycles. The van der Waals surface area contributed by atoms with Gasteiger partial charge >= 0.3 is 0 Å². The molecule has 1 heterocycles. The van der Waals surface area contributed by atoms with E-state index in [4.69, 9.17) is 11.6 Å². The predicted molar refractivity (Wildman–Crippen MR) is 126 cm³/mol. The lowest BCUT2D eigenvalue weighted by Crippen LogP contribution is -2.23. The van der Waals surface area contributed by atoms with Crippen molar-refractivity contribution in [3.05, 3.63) is 94.5 Å². The number of benzene rings is 3. The standard InChI is InChI=1S/C25H22ClN3O2/c1-29(2)22(30)14-16-8-11-19(12-9-16)27-24(17-6-4-3-5-7-17)23-20-13-10-18(26)15-21(20)28-25(23)31/h3-13,15,27H,14H2,1-2H3,(H,28,31). The van der Waals surface area contributed by atoms with Gasteiger partial charge in [-0.3, -0.25) is 9.59 Å². The van der Waals surface area contributed by atoms with E-state index >= 15 is 0 Å². The molecule has 0 unspecified atom stereocenters. The Hall–Kier alpha value is -3.57. The van der Waals surface area contributed by atoms with Crippen LogP contribution in [0.3, 0.4) is 0 Å². The van der Waals surface area contributed by atoms with Crippen molar-refractivity contribution in [1.82, 2.24) is 4.90 Å². The molecular weight excluding hydrogens is 410 g/mol. The van der Waals surface area contributed by atoms with E-state index in [-0.39, 0.29) is 11.8 Å². The number of anilines is 2. The average molecular weight is 432 g/mol. The quantitative estimate of drug-likeness (QED) is 0.564. The molecule has 0 spiro atoms. The second-order valence-corrected chi connectivity index (χ2v) is 7.98. The Morgan fingerprint density at radius 2 is 1.71 bits per heavy atom. The first kappa shape index (κ1) is 20.7. The van der Waals surface area contributed by atoms with Gasteiger partial charge in [0.15, 0.2) is 0 Å². The highest BCUT2D eigenvalue weighted by Gasteiger charge is 2.28. The molecule has 6 heteroatoms. The first-order valence-electron chi connectivity index (χ1n) is 9.89. The zero-order valence-electron chi connectivity index (χ0n) is 17.3. The number of likely N-dealkylation sites (N-methyl/N-ethyl adjacent to an activating group) is 1. The first-order valence-corrected chi connectivity index (χ1v) is 10.3. The maximum absolute atomic E-state index is 12.9. The Labute approximate surface area is 186 Å². The predicted octanol–water partition coefficient (Wildman–Crippen LogP) is 4.90. The smallest absolute Gasteiger partial charge is 0.258 e. The lowest BCUT2D eigenvalue weighted by atomic mass is 10.00. The van der Waals surface area contributed by atoms with E-state index in [1.807, 2.05) is 60.7 Å². The topological polar surface area (TPSA) is 61.4 Å². The molecule has 156 valence electrons.